The molecule has 3 amide bonds. The molecule has 0 unspecified atom stereocenters. The normalized spacial score (nSPS) is 14.1. The number of aromatic nitrogens is 2. The first-order valence-electron chi connectivity index (χ1n) is 11.5. The summed E-state index contributed by atoms with van der Waals surface area (Å²) < 4.78 is 47.0. The SMILES string of the molecule is O=C(NCc1ccccn1)c1ccnc(NC(=O)N2CCC(Oc3cccc(OC(F)(F)F)c3)CC2)c1. The number of nitrogens with zero attached hydrogens (tertiary/aromatic N) is 3. The fraction of sp³-hybridized carbons (Fsp3) is 0.280. The van der Waals surface area contributed by atoms with Crippen molar-refractivity contribution in [2.24, 2.45) is 0 Å². The number of nitrogens with one attached hydrogen (secondary N) is 2. The maximum Gasteiger partial charge on any atom is 0.573 e. The molecule has 37 heavy (non-hydrogen) atoms. The Bertz CT molecular complexity index is 1220. The first kappa shape index (κ1) is 25.7. The Morgan fingerprint density at radius 1 is 0.973 bits per heavy atom. The Balaban J connectivity index is 1.25. The van der Waals surface area contributed by atoms with Gasteiger partial charge in [0.25, 0.3) is 5.91 Å². The highest BCUT2D eigenvalue weighted by atomic mass is 19.4. The van der Waals surface area contributed by atoms with E-state index in [9.17, 15) is 22.8 Å². The van der Waals surface area contributed by atoms with E-state index in [-0.39, 0.29) is 41.9 Å². The van der Waals surface area contributed by atoms with Crippen molar-refractivity contribution in [3.63, 3.8) is 0 Å². The number of benzene rings is 1. The van der Waals surface area contributed by atoms with Crippen molar-refractivity contribution in [2.75, 3.05) is 18.4 Å². The highest BCUT2D eigenvalue weighted by molar-refractivity contribution is 5.96. The van der Waals surface area contributed by atoms with E-state index < -0.39 is 6.36 Å². The number of likely N-dealkylation sites (tertiary alicyclic amines) is 1. The van der Waals surface area contributed by atoms with Gasteiger partial charge < -0.3 is 19.7 Å². The third kappa shape index (κ3) is 7.82. The van der Waals surface area contributed by atoms with Crippen molar-refractivity contribution >= 4 is 17.8 Å². The minimum atomic E-state index is -4.78. The lowest BCUT2D eigenvalue weighted by Gasteiger charge is -2.32. The average molecular weight is 515 g/mol. The third-order valence-electron chi connectivity index (χ3n) is 5.48. The van der Waals surface area contributed by atoms with Gasteiger partial charge in [-0.25, -0.2) is 9.78 Å². The average Bonchev–Trinajstić information content (AvgIpc) is 2.87. The summed E-state index contributed by atoms with van der Waals surface area (Å²) in [6.45, 7) is 1.01. The van der Waals surface area contributed by atoms with E-state index in [2.05, 4.69) is 25.3 Å². The van der Waals surface area contributed by atoms with Crippen LogP contribution in [-0.4, -0.2) is 52.4 Å². The number of anilines is 1. The van der Waals surface area contributed by atoms with Gasteiger partial charge >= 0.3 is 12.4 Å². The monoisotopic (exact) mass is 515 g/mol. The number of pyridine rings is 2. The zero-order chi connectivity index (χ0) is 26.3. The van der Waals surface area contributed by atoms with Gasteiger partial charge in [-0.3, -0.25) is 15.1 Å². The van der Waals surface area contributed by atoms with Crippen molar-refractivity contribution in [2.45, 2.75) is 31.9 Å². The first-order chi connectivity index (χ1) is 17.7. The summed E-state index contributed by atoms with van der Waals surface area (Å²) >= 11 is 0. The van der Waals surface area contributed by atoms with Crippen LogP contribution in [0.2, 0.25) is 0 Å². The van der Waals surface area contributed by atoms with E-state index in [1.807, 2.05) is 6.07 Å². The van der Waals surface area contributed by atoms with Crippen molar-refractivity contribution in [1.82, 2.24) is 20.2 Å². The van der Waals surface area contributed by atoms with Crippen LogP contribution in [0.5, 0.6) is 11.5 Å². The smallest absolute Gasteiger partial charge is 0.490 e. The van der Waals surface area contributed by atoms with Gasteiger partial charge in [-0.05, 0) is 36.4 Å². The molecular formula is C25H24F3N5O4. The quantitative estimate of drug-likeness (QED) is 0.484. The molecule has 2 N–H and O–H groups in total. The predicted octanol–water partition coefficient (Wildman–Crippen LogP) is 4.38. The van der Waals surface area contributed by atoms with E-state index >= 15 is 0 Å². The van der Waals surface area contributed by atoms with Crippen LogP contribution in [0.3, 0.4) is 0 Å². The number of hydrogen-bond acceptors (Lipinski definition) is 6. The summed E-state index contributed by atoms with van der Waals surface area (Å²) in [6, 6.07) is 13.4. The predicted molar refractivity (Wildman–Crippen MR) is 127 cm³/mol. The molecule has 3 aromatic rings. The molecular weight excluding hydrogens is 491 g/mol. The molecule has 2 aromatic heterocycles. The summed E-state index contributed by atoms with van der Waals surface area (Å²) in [4.78, 5) is 35.0. The van der Waals surface area contributed by atoms with Gasteiger partial charge in [-0.1, -0.05) is 12.1 Å². The van der Waals surface area contributed by atoms with Gasteiger partial charge in [-0.2, -0.15) is 0 Å². The molecule has 3 heterocycles. The fourth-order valence-electron chi connectivity index (χ4n) is 3.72. The molecule has 1 aliphatic heterocycles. The molecule has 1 fully saturated rings. The summed E-state index contributed by atoms with van der Waals surface area (Å²) in [5.74, 6) is -0.199. The van der Waals surface area contributed by atoms with Crippen LogP contribution in [0.4, 0.5) is 23.8 Å². The second-order valence-electron chi connectivity index (χ2n) is 8.19. The molecule has 1 aliphatic rings. The number of hydrogen-bond donors (Lipinski definition) is 2. The fourth-order valence-corrected chi connectivity index (χ4v) is 3.72. The van der Waals surface area contributed by atoms with Gasteiger partial charge in [-0.15, -0.1) is 13.2 Å². The van der Waals surface area contributed by atoms with Crippen LogP contribution < -0.4 is 20.1 Å². The first-order valence-corrected chi connectivity index (χ1v) is 11.5. The minimum Gasteiger partial charge on any atom is -0.490 e. The summed E-state index contributed by atoms with van der Waals surface area (Å²) in [5, 5.41) is 5.46. The summed E-state index contributed by atoms with van der Waals surface area (Å²) in [7, 11) is 0. The lowest BCUT2D eigenvalue weighted by Crippen LogP contribution is -2.43. The highest BCUT2D eigenvalue weighted by Crippen LogP contribution is 2.28. The largest absolute Gasteiger partial charge is 0.573 e. The molecule has 0 spiro atoms. The molecule has 9 nitrogen and oxygen atoms in total. The number of halogens is 3. The molecule has 1 saturated heterocycles. The standard InChI is InChI=1S/C25H24F3N5O4/c26-25(27,28)37-21-6-3-5-20(15-21)36-19-8-12-33(13-9-19)24(35)32-22-14-17(7-11-30-22)23(34)31-16-18-4-1-2-10-29-18/h1-7,10-11,14-15,19H,8-9,12-13,16H2,(H,31,34)(H,30,32,35). The number of amides is 3. The molecule has 0 bridgehead atoms. The maximum atomic E-state index is 12.7. The van der Waals surface area contributed by atoms with E-state index in [4.69, 9.17) is 4.74 Å². The van der Waals surface area contributed by atoms with E-state index in [1.165, 1.54) is 30.5 Å². The Kier molecular flexibility index (Phi) is 8.06. The Morgan fingerprint density at radius 3 is 2.49 bits per heavy atom. The number of piperidine rings is 1. The third-order valence-corrected chi connectivity index (χ3v) is 5.48. The van der Waals surface area contributed by atoms with Gasteiger partial charge in [0.05, 0.1) is 12.2 Å². The molecule has 0 atom stereocenters. The number of carbonyl (C=O) groups is 2. The van der Waals surface area contributed by atoms with Crippen LogP contribution in [0.15, 0.2) is 67.0 Å². The van der Waals surface area contributed by atoms with Crippen molar-refractivity contribution < 1.29 is 32.2 Å². The van der Waals surface area contributed by atoms with Crippen LogP contribution in [0, 0.1) is 0 Å². The van der Waals surface area contributed by atoms with E-state index in [0.717, 1.165) is 0 Å². The summed E-state index contributed by atoms with van der Waals surface area (Å²) in [6.07, 6.45) is -1.00. The van der Waals surface area contributed by atoms with Crippen LogP contribution in [-0.2, 0) is 6.54 Å². The van der Waals surface area contributed by atoms with Crippen molar-refractivity contribution in [3.05, 3.63) is 78.2 Å². The molecule has 1 aromatic carbocycles. The topological polar surface area (TPSA) is 106 Å². The molecule has 0 saturated carbocycles. The van der Waals surface area contributed by atoms with E-state index in [0.29, 0.717) is 37.2 Å². The minimum absolute atomic E-state index is 0.232. The molecule has 0 radical (unpaired) electrons. The van der Waals surface area contributed by atoms with Gasteiger partial charge in [0.15, 0.2) is 0 Å². The number of ether oxygens (including phenoxy) is 2. The Hall–Kier alpha value is -4.35. The molecule has 0 aliphatic carbocycles. The Labute approximate surface area is 210 Å². The van der Waals surface area contributed by atoms with Gasteiger partial charge in [0.1, 0.15) is 23.4 Å². The van der Waals surface area contributed by atoms with Crippen LogP contribution in [0.25, 0.3) is 0 Å². The van der Waals surface area contributed by atoms with Crippen molar-refractivity contribution in [3.8, 4) is 11.5 Å². The van der Waals surface area contributed by atoms with Gasteiger partial charge in [0.2, 0.25) is 0 Å². The van der Waals surface area contributed by atoms with Gasteiger partial charge in [0, 0.05) is 50.0 Å². The second-order valence-corrected chi connectivity index (χ2v) is 8.19. The second kappa shape index (κ2) is 11.6. The molecule has 194 valence electrons. The highest BCUT2D eigenvalue weighted by Gasteiger charge is 2.31. The van der Waals surface area contributed by atoms with E-state index in [1.54, 1.807) is 35.4 Å². The number of alkyl halides is 3. The zero-order valence-corrected chi connectivity index (χ0v) is 19.6. The maximum absolute atomic E-state index is 12.7. The zero-order valence-electron chi connectivity index (χ0n) is 19.6. The number of rotatable bonds is 7. The van der Waals surface area contributed by atoms with Crippen LogP contribution >= 0.6 is 0 Å². The molecule has 12 heteroatoms. The van der Waals surface area contributed by atoms with Crippen molar-refractivity contribution in [1.29, 1.82) is 0 Å². The van der Waals surface area contributed by atoms with Crippen LogP contribution in [0.1, 0.15) is 28.9 Å². The molecule has 4 rings (SSSR count). The Morgan fingerprint density at radius 2 is 1.76 bits per heavy atom. The lowest BCUT2D eigenvalue weighted by molar-refractivity contribution is -0.274. The summed E-state index contributed by atoms with van der Waals surface area (Å²) in [5.41, 5.74) is 1.05. The number of carbonyl (C=O) groups excluding carboxylic acids is 2. The number of urea groups is 1. The lowest BCUT2D eigenvalue weighted by atomic mass is 10.1.